The van der Waals surface area contributed by atoms with Gasteiger partial charge in [-0.1, -0.05) is 12.1 Å². The normalized spacial score (nSPS) is 20.5. The van der Waals surface area contributed by atoms with Crippen molar-refractivity contribution in [2.45, 2.75) is 23.7 Å². The van der Waals surface area contributed by atoms with Gasteiger partial charge < -0.3 is 10.8 Å². The van der Waals surface area contributed by atoms with Crippen LogP contribution in [0.3, 0.4) is 0 Å². The van der Waals surface area contributed by atoms with Crippen LogP contribution in [0.25, 0.3) is 0 Å². The lowest BCUT2D eigenvalue weighted by Gasteiger charge is -2.25. The van der Waals surface area contributed by atoms with Crippen molar-refractivity contribution < 1.29 is 5.11 Å². The Kier molecular flexibility index (Phi) is 2.99. The Morgan fingerprint density at radius 2 is 2.36 bits per heavy atom. The van der Waals surface area contributed by atoms with Crippen LogP contribution in [0.1, 0.15) is 24.3 Å². The van der Waals surface area contributed by atoms with Gasteiger partial charge in [0, 0.05) is 0 Å². The van der Waals surface area contributed by atoms with Crippen LogP contribution in [-0.2, 0) is 0 Å². The minimum atomic E-state index is 0.425. The fourth-order valence-electron chi connectivity index (χ4n) is 1.98. The molecule has 0 aromatic heterocycles. The van der Waals surface area contributed by atoms with Gasteiger partial charge in [0.1, 0.15) is 5.75 Å². The van der Waals surface area contributed by atoms with Crippen molar-refractivity contribution in [1.82, 2.24) is 0 Å². The van der Waals surface area contributed by atoms with E-state index >= 15 is 0 Å². The van der Waals surface area contributed by atoms with Crippen LogP contribution in [0.2, 0.25) is 0 Å². The van der Waals surface area contributed by atoms with Gasteiger partial charge >= 0.3 is 0 Å². The number of phenols is 1. The van der Waals surface area contributed by atoms with Gasteiger partial charge in [-0.15, -0.1) is 11.8 Å². The van der Waals surface area contributed by atoms with Gasteiger partial charge in [0.15, 0.2) is 0 Å². The largest absolute Gasteiger partial charge is 0.507 e. The molecule has 0 fully saturated rings. The number of hydrogen-bond donors (Lipinski definition) is 2. The van der Waals surface area contributed by atoms with Gasteiger partial charge in [-0.3, -0.25) is 0 Å². The fourth-order valence-corrected chi connectivity index (χ4v) is 3.20. The van der Waals surface area contributed by atoms with Gasteiger partial charge in [0.25, 0.3) is 0 Å². The van der Waals surface area contributed by atoms with E-state index in [1.165, 1.54) is 12.0 Å². The Balaban J connectivity index is 2.34. The summed E-state index contributed by atoms with van der Waals surface area (Å²) in [7, 11) is 0. The summed E-state index contributed by atoms with van der Waals surface area (Å²) >= 11 is 1.75. The molecule has 3 heteroatoms. The number of hydrogen-bond acceptors (Lipinski definition) is 3. The Hall–Kier alpha value is -0.670. The predicted octanol–water partition coefficient (Wildman–Crippen LogP) is 2.32. The van der Waals surface area contributed by atoms with E-state index in [1.807, 2.05) is 6.07 Å². The summed E-state index contributed by atoms with van der Waals surface area (Å²) in [5.74, 6) is 2.06. The second-order valence-electron chi connectivity index (χ2n) is 3.61. The lowest BCUT2D eigenvalue weighted by molar-refractivity contribution is 0.456. The number of aromatic hydroxyl groups is 1. The molecule has 1 aromatic rings. The molecule has 76 valence electrons. The number of fused-ring (bicyclic) bond motifs is 1. The molecule has 0 spiro atoms. The van der Waals surface area contributed by atoms with Crippen LogP contribution in [0.4, 0.5) is 0 Å². The molecule has 1 aliphatic rings. The third-order valence-electron chi connectivity index (χ3n) is 2.69. The maximum atomic E-state index is 9.69. The first-order chi connectivity index (χ1) is 6.83. The van der Waals surface area contributed by atoms with Crippen molar-refractivity contribution in [3.63, 3.8) is 0 Å². The summed E-state index contributed by atoms with van der Waals surface area (Å²) in [6.07, 6.45) is 2.20. The molecular formula is C11H15NOS. The van der Waals surface area contributed by atoms with Crippen molar-refractivity contribution in [3.8, 4) is 5.75 Å². The summed E-state index contributed by atoms with van der Waals surface area (Å²) in [4.78, 5) is 1.07. The van der Waals surface area contributed by atoms with Crippen LogP contribution >= 0.6 is 11.8 Å². The smallest absolute Gasteiger partial charge is 0.129 e. The van der Waals surface area contributed by atoms with Gasteiger partial charge in [-0.2, -0.15) is 0 Å². The van der Waals surface area contributed by atoms with E-state index in [2.05, 4.69) is 6.07 Å². The molecule has 0 aliphatic carbocycles. The lowest BCUT2D eigenvalue weighted by Crippen LogP contribution is -2.12. The molecule has 1 aliphatic heterocycles. The summed E-state index contributed by atoms with van der Waals surface area (Å²) in [6, 6.07) is 5.79. The van der Waals surface area contributed by atoms with Gasteiger partial charge in [-0.25, -0.2) is 0 Å². The third kappa shape index (κ3) is 1.74. The standard InChI is InChI=1S/C11H15NOS/c12-6-4-8-5-7-14-11-9(8)2-1-3-10(11)13/h1-3,8,13H,4-7,12H2. The van der Waals surface area contributed by atoms with E-state index in [0.29, 0.717) is 11.7 Å². The van der Waals surface area contributed by atoms with Gasteiger partial charge in [0.2, 0.25) is 0 Å². The molecule has 0 bridgehead atoms. The second kappa shape index (κ2) is 4.24. The van der Waals surface area contributed by atoms with E-state index in [4.69, 9.17) is 5.73 Å². The van der Waals surface area contributed by atoms with E-state index in [1.54, 1.807) is 17.8 Å². The third-order valence-corrected chi connectivity index (χ3v) is 3.87. The molecule has 1 aromatic carbocycles. The van der Waals surface area contributed by atoms with Gasteiger partial charge in [-0.05, 0) is 42.7 Å². The molecule has 0 amide bonds. The highest BCUT2D eigenvalue weighted by molar-refractivity contribution is 7.99. The zero-order valence-electron chi connectivity index (χ0n) is 8.07. The van der Waals surface area contributed by atoms with Crippen molar-refractivity contribution in [2.24, 2.45) is 5.73 Å². The Morgan fingerprint density at radius 3 is 3.14 bits per heavy atom. The summed E-state index contributed by atoms with van der Waals surface area (Å²) in [6.45, 7) is 0.727. The van der Waals surface area contributed by atoms with E-state index in [0.717, 1.165) is 23.6 Å². The minimum Gasteiger partial charge on any atom is -0.507 e. The number of phenolic OH excluding ortho intramolecular Hbond substituents is 1. The monoisotopic (exact) mass is 209 g/mol. The second-order valence-corrected chi connectivity index (χ2v) is 4.71. The van der Waals surface area contributed by atoms with Crippen molar-refractivity contribution in [3.05, 3.63) is 23.8 Å². The lowest BCUT2D eigenvalue weighted by atomic mass is 9.92. The molecule has 3 N–H and O–H groups in total. The van der Waals surface area contributed by atoms with Crippen LogP contribution in [0.5, 0.6) is 5.75 Å². The Bertz CT molecular complexity index is 327. The van der Waals surface area contributed by atoms with Crippen molar-refractivity contribution in [1.29, 1.82) is 0 Å². The highest BCUT2D eigenvalue weighted by atomic mass is 32.2. The van der Waals surface area contributed by atoms with Crippen LogP contribution in [0.15, 0.2) is 23.1 Å². The van der Waals surface area contributed by atoms with Crippen LogP contribution in [0, 0.1) is 0 Å². The van der Waals surface area contributed by atoms with E-state index < -0.39 is 0 Å². The van der Waals surface area contributed by atoms with Crippen LogP contribution in [-0.4, -0.2) is 17.4 Å². The zero-order chi connectivity index (χ0) is 9.97. The topological polar surface area (TPSA) is 46.2 Å². The van der Waals surface area contributed by atoms with Gasteiger partial charge in [0.05, 0.1) is 4.90 Å². The molecule has 2 nitrogen and oxygen atoms in total. The summed E-state index contributed by atoms with van der Waals surface area (Å²) in [5, 5.41) is 9.69. The van der Waals surface area contributed by atoms with Crippen LogP contribution < -0.4 is 5.73 Å². The first kappa shape index (κ1) is 9.87. The number of nitrogens with two attached hydrogens (primary N) is 1. The first-order valence-corrected chi connectivity index (χ1v) is 5.96. The van der Waals surface area contributed by atoms with E-state index in [9.17, 15) is 5.11 Å². The molecular weight excluding hydrogens is 194 g/mol. The first-order valence-electron chi connectivity index (χ1n) is 4.97. The SMILES string of the molecule is NCCC1CCSc2c(O)cccc21. The molecule has 0 saturated heterocycles. The molecule has 0 saturated carbocycles. The highest BCUT2D eigenvalue weighted by Gasteiger charge is 2.21. The highest BCUT2D eigenvalue weighted by Crippen LogP contribution is 2.43. The number of rotatable bonds is 2. The molecule has 2 rings (SSSR count). The zero-order valence-corrected chi connectivity index (χ0v) is 8.89. The Morgan fingerprint density at radius 1 is 1.50 bits per heavy atom. The fraction of sp³-hybridized carbons (Fsp3) is 0.455. The molecule has 1 heterocycles. The number of benzene rings is 1. The quantitative estimate of drug-likeness (QED) is 0.785. The Labute approximate surface area is 88.5 Å². The summed E-state index contributed by atoms with van der Waals surface area (Å²) < 4.78 is 0. The molecule has 0 radical (unpaired) electrons. The molecule has 1 atom stereocenters. The minimum absolute atomic E-state index is 0.425. The maximum Gasteiger partial charge on any atom is 0.129 e. The molecule has 14 heavy (non-hydrogen) atoms. The number of thioether (sulfide) groups is 1. The average Bonchev–Trinajstić information content (AvgIpc) is 2.20. The average molecular weight is 209 g/mol. The summed E-state index contributed by atoms with van der Waals surface area (Å²) in [5.41, 5.74) is 6.87. The predicted molar refractivity (Wildman–Crippen MR) is 59.9 cm³/mol. The van der Waals surface area contributed by atoms with Crippen molar-refractivity contribution >= 4 is 11.8 Å². The molecule has 1 unspecified atom stereocenters. The maximum absolute atomic E-state index is 9.69. The van der Waals surface area contributed by atoms with E-state index in [-0.39, 0.29) is 0 Å². The van der Waals surface area contributed by atoms with Crippen molar-refractivity contribution in [2.75, 3.05) is 12.3 Å².